The highest BCUT2D eigenvalue weighted by Gasteiger charge is 2.22. The van der Waals surface area contributed by atoms with Crippen molar-refractivity contribution in [3.05, 3.63) is 42.1 Å². The van der Waals surface area contributed by atoms with Crippen LogP contribution in [-0.2, 0) is 16.2 Å². The number of amides is 1. The Balaban J connectivity index is 2.10. The molecular weight excluding hydrogens is 185 g/mol. The van der Waals surface area contributed by atoms with Crippen molar-refractivity contribution in [2.24, 2.45) is 0 Å². The summed E-state index contributed by atoms with van der Waals surface area (Å²) in [6.45, 7) is 0.426. The van der Waals surface area contributed by atoms with Crippen molar-refractivity contribution in [3.63, 3.8) is 0 Å². The zero-order valence-electron chi connectivity index (χ0n) is 7.44. The molecule has 0 N–H and O–H groups in total. The summed E-state index contributed by atoms with van der Waals surface area (Å²) in [6.07, 6.45) is 1.42. The smallest absolute Gasteiger partial charge is 0.252 e. The molecule has 0 unspecified atom stereocenters. The highest BCUT2D eigenvalue weighted by Crippen LogP contribution is 2.14. The van der Waals surface area contributed by atoms with Gasteiger partial charge in [-0.2, -0.15) is 0 Å². The maximum absolute atomic E-state index is 13.2. The molecule has 0 spiro atoms. The number of halogens is 1. The Bertz CT molecular complexity index is 354. The average Bonchev–Trinajstić information content (AvgIpc) is 2.56. The van der Waals surface area contributed by atoms with Crippen molar-refractivity contribution >= 4 is 5.91 Å². The fraction of sp³-hybridized carbons (Fsp3) is 0.200. The van der Waals surface area contributed by atoms with Crippen molar-refractivity contribution in [2.45, 2.75) is 6.54 Å². The summed E-state index contributed by atoms with van der Waals surface area (Å²) in [5, 5.41) is 1.15. The molecule has 0 atom stereocenters. The first kappa shape index (κ1) is 9.15. The first-order chi connectivity index (χ1) is 6.77. The Hall–Kier alpha value is -1.42. The van der Waals surface area contributed by atoms with Gasteiger partial charge in [-0.25, -0.2) is 9.45 Å². The topological polar surface area (TPSA) is 29.5 Å². The third-order valence-electron chi connectivity index (χ3n) is 2.01. The van der Waals surface area contributed by atoms with Crippen LogP contribution < -0.4 is 0 Å². The van der Waals surface area contributed by atoms with Crippen LogP contribution in [0.25, 0.3) is 0 Å². The van der Waals surface area contributed by atoms with E-state index in [2.05, 4.69) is 0 Å². The molecule has 73 valence electrons. The van der Waals surface area contributed by atoms with Gasteiger partial charge in [0, 0.05) is 5.56 Å². The van der Waals surface area contributed by atoms with Gasteiger partial charge in [0.1, 0.15) is 5.82 Å². The van der Waals surface area contributed by atoms with Crippen molar-refractivity contribution in [1.29, 1.82) is 0 Å². The molecule has 1 amide bonds. The summed E-state index contributed by atoms with van der Waals surface area (Å²) in [6, 6.07) is 6.32. The van der Waals surface area contributed by atoms with Crippen molar-refractivity contribution in [1.82, 2.24) is 5.06 Å². The van der Waals surface area contributed by atoms with Crippen LogP contribution in [0.3, 0.4) is 0 Å². The molecule has 1 aromatic rings. The van der Waals surface area contributed by atoms with Crippen molar-refractivity contribution in [2.75, 3.05) is 6.61 Å². The molecule has 1 aliphatic heterocycles. The summed E-state index contributed by atoms with van der Waals surface area (Å²) < 4.78 is 13.2. The van der Waals surface area contributed by atoms with E-state index < -0.39 is 0 Å². The molecule has 3 nitrogen and oxygen atoms in total. The van der Waals surface area contributed by atoms with Gasteiger partial charge in [0.05, 0.1) is 19.6 Å². The van der Waals surface area contributed by atoms with Crippen LogP contribution in [0.15, 0.2) is 24.3 Å². The SMILES string of the molecule is O=C1[CH]CON1Cc1ccccc1F. The summed E-state index contributed by atoms with van der Waals surface area (Å²) in [5.74, 6) is -0.538. The first-order valence-electron chi connectivity index (χ1n) is 4.28. The molecule has 1 aromatic carbocycles. The second kappa shape index (κ2) is 3.75. The van der Waals surface area contributed by atoms with Crippen LogP contribution in [0, 0.1) is 12.2 Å². The van der Waals surface area contributed by atoms with E-state index in [1.54, 1.807) is 18.2 Å². The van der Waals surface area contributed by atoms with Gasteiger partial charge in [-0.1, -0.05) is 18.2 Å². The van der Waals surface area contributed by atoms with Gasteiger partial charge >= 0.3 is 0 Å². The lowest BCUT2D eigenvalue weighted by atomic mass is 10.2. The lowest BCUT2D eigenvalue weighted by Crippen LogP contribution is -2.23. The fourth-order valence-corrected chi connectivity index (χ4v) is 1.27. The molecule has 0 saturated carbocycles. The van der Waals surface area contributed by atoms with Gasteiger partial charge in [-0.15, -0.1) is 0 Å². The Morgan fingerprint density at radius 3 is 2.86 bits per heavy atom. The number of rotatable bonds is 2. The zero-order chi connectivity index (χ0) is 9.97. The number of benzene rings is 1. The van der Waals surface area contributed by atoms with Crippen LogP contribution in [-0.4, -0.2) is 17.6 Å². The molecule has 0 aliphatic carbocycles. The highest BCUT2D eigenvalue weighted by atomic mass is 19.1. The van der Waals surface area contributed by atoms with E-state index in [4.69, 9.17) is 4.84 Å². The number of carbonyl (C=O) groups is 1. The van der Waals surface area contributed by atoms with Crippen LogP contribution in [0.1, 0.15) is 5.56 Å². The quantitative estimate of drug-likeness (QED) is 0.710. The third-order valence-corrected chi connectivity index (χ3v) is 2.01. The highest BCUT2D eigenvalue weighted by molar-refractivity contribution is 5.85. The molecule has 0 bridgehead atoms. The van der Waals surface area contributed by atoms with Gasteiger partial charge in [-0.3, -0.25) is 9.63 Å². The third kappa shape index (κ3) is 1.75. The van der Waals surface area contributed by atoms with Gasteiger partial charge in [0.25, 0.3) is 5.91 Å². The van der Waals surface area contributed by atoms with Crippen LogP contribution in [0.2, 0.25) is 0 Å². The van der Waals surface area contributed by atoms with Crippen molar-refractivity contribution in [3.8, 4) is 0 Å². The van der Waals surface area contributed by atoms with Gasteiger partial charge in [-0.05, 0) is 6.07 Å². The van der Waals surface area contributed by atoms with Gasteiger partial charge in [0.15, 0.2) is 0 Å². The average molecular weight is 194 g/mol. The van der Waals surface area contributed by atoms with Crippen LogP contribution in [0.4, 0.5) is 4.39 Å². The summed E-state index contributed by atoms with van der Waals surface area (Å²) in [5.41, 5.74) is 0.455. The molecular formula is C10H9FNO2. The molecule has 1 heterocycles. The van der Waals surface area contributed by atoms with E-state index in [9.17, 15) is 9.18 Å². The minimum absolute atomic E-state index is 0.155. The molecule has 1 aliphatic rings. The maximum Gasteiger partial charge on any atom is 0.252 e. The molecule has 14 heavy (non-hydrogen) atoms. The summed E-state index contributed by atoms with van der Waals surface area (Å²) >= 11 is 0. The number of hydrogen-bond acceptors (Lipinski definition) is 2. The van der Waals surface area contributed by atoms with Gasteiger partial charge in [0.2, 0.25) is 0 Å². The minimum Gasteiger partial charge on any atom is -0.272 e. The summed E-state index contributed by atoms with van der Waals surface area (Å²) in [7, 11) is 0. The second-order valence-corrected chi connectivity index (χ2v) is 2.97. The van der Waals surface area contributed by atoms with E-state index in [0.717, 1.165) is 5.06 Å². The Kier molecular flexibility index (Phi) is 2.45. The number of carbonyl (C=O) groups excluding carboxylic acids is 1. The van der Waals surface area contributed by atoms with E-state index in [0.29, 0.717) is 5.56 Å². The predicted molar refractivity (Wildman–Crippen MR) is 47.2 cm³/mol. The van der Waals surface area contributed by atoms with E-state index in [-0.39, 0.29) is 24.9 Å². The standard InChI is InChI=1S/C10H9FNO2/c11-9-4-2-1-3-8(9)7-12-10(13)5-6-14-12/h1-5H,6-7H2. The van der Waals surface area contributed by atoms with Crippen LogP contribution in [0.5, 0.6) is 0 Å². The number of nitrogens with zero attached hydrogens (tertiary/aromatic N) is 1. The zero-order valence-corrected chi connectivity index (χ0v) is 7.44. The lowest BCUT2D eigenvalue weighted by Gasteiger charge is -2.13. The molecule has 1 fully saturated rings. The largest absolute Gasteiger partial charge is 0.272 e. The molecule has 0 aromatic heterocycles. The van der Waals surface area contributed by atoms with Gasteiger partial charge < -0.3 is 0 Å². The number of hydroxylamine groups is 2. The molecule has 2 rings (SSSR count). The normalized spacial score (nSPS) is 16.4. The van der Waals surface area contributed by atoms with E-state index in [1.807, 2.05) is 0 Å². The second-order valence-electron chi connectivity index (χ2n) is 2.97. The summed E-state index contributed by atoms with van der Waals surface area (Å²) in [4.78, 5) is 16.1. The maximum atomic E-state index is 13.2. The van der Waals surface area contributed by atoms with Crippen molar-refractivity contribution < 1.29 is 14.0 Å². The van der Waals surface area contributed by atoms with E-state index >= 15 is 0 Å². The predicted octanol–water partition coefficient (Wildman–Crippen LogP) is 1.30. The lowest BCUT2D eigenvalue weighted by molar-refractivity contribution is -0.164. The van der Waals surface area contributed by atoms with E-state index in [1.165, 1.54) is 12.5 Å². The number of hydrogen-bond donors (Lipinski definition) is 0. The van der Waals surface area contributed by atoms with Crippen LogP contribution >= 0.6 is 0 Å². The molecule has 4 heteroatoms. The molecule has 1 radical (unpaired) electrons. The first-order valence-corrected chi connectivity index (χ1v) is 4.28. The molecule has 1 saturated heterocycles. The Morgan fingerprint density at radius 1 is 1.43 bits per heavy atom. The minimum atomic E-state index is -0.323. The monoisotopic (exact) mass is 194 g/mol. The Morgan fingerprint density at radius 2 is 2.21 bits per heavy atom. The fourth-order valence-electron chi connectivity index (χ4n) is 1.27. The Labute approximate surface area is 81.0 Å².